The summed E-state index contributed by atoms with van der Waals surface area (Å²) in [5, 5.41) is 3.46. The second kappa shape index (κ2) is 4.97. The van der Waals surface area contributed by atoms with E-state index in [0.717, 1.165) is 5.82 Å². The Bertz CT molecular complexity index is 324. The zero-order chi connectivity index (χ0) is 10.6. The van der Waals surface area contributed by atoms with Gasteiger partial charge in [-0.1, -0.05) is 11.6 Å². The molecule has 0 aliphatic rings. The minimum absolute atomic E-state index is 0.168. The minimum atomic E-state index is -0.301. The van der Waals surface area contributed by atoms with E-state index in [1.807, 2.05) is 7.05 Å². The molecular formula is C8H12ClN3O2. The molecule has 1 aromatic heterocycles. The number of imidazole rings is 1. The lowest BCUT2D eigenvalue weighted by Gasteiger charge is -2.03. The van der Waals surface area contributed by atoms with Gasteiger partial charge in [0, 0.05) is 7.05 Å². The molecular weight excluding hydrogens is 206 g/mol. The van der Waals surface area contributed by atoms with E-state index in [4.69, 9.17) is 11.6 Å². The molecule has 6 heteroatoms. The van der Waals surface area contributed by atoms with Gasteiger partial charge in [-0.2, -0.15) is 0 Å². The number of aromatic nitrogens is 2. The quantitative estimate of drug-likeness (QED) is 0.739. The Morgan fingerprint density at radius 3 is 3.00 bits per heavy atom. The van der Waals surface area contributed by atoms with Crippen molar-refractivity contribution in [3.8, 4) is 0 Å². The van der Waals surface area contributed by atoms with E-state index in [2.05, 4.69) is 15.0 Å². The topological polar surface area (TPSA) is 56.1 Å². The van der Waals surface area contributed by atoms with Gasteiger partial charge in [-0.3, -0.25) is 10.1 Å². The minimum Gasteiger partial charge on any atom is -0.468 e. The van der Waals surface area contributed by atoms with Gasteiger partial charge in [0.25, 0.3) is 0 Å². The first-order valence-corrected chi connectivity index (χ1v) is 4.46. The number of nitrogens with zero attached hydrogens (tertiary/aromatic N) is 2. The maximum atomic E-state index is 10.8. The smallest absolute Gasteiger partial charge is 0.319 e. The van der Waals surface area contributed by atoms with Gasteiger partial charge < -0.3 is 9.30 Å². The first-order chi connectivity index (χ1) is 6.65. The van der Waals surface area contributed by atoms with Gasteiger partial charge in [-0.25, -0.2) is 4.98 Å². The van der Waals surface area contributed by atoms with Crippen molar-refractivity contribution in [2.45, 2.75) is 6.54 Å². The molecule has 0 amide bonds. The Hall–Kier alpha value is -1.07. The molecule has 0 saturated carbocycles. The molecule has 0 bridgehead atoms. The first-order valence-electron chi connectivity index (χ1n) is 4.08. The molecule has 0 atom stereocenters. The highest BCUT2D eigenvalue weighted by molar-refractivity contribution is 6.29. The van der Waals surface area contributed by atoms with E-state index in [1.165, 1.54) is 7.11 Å². The molecule has 1 aromatic rings. The summed E-state index contributed by atoms with van der Waals surface area (Å²) in [6.07, 6.45) is 1.57. The predicted octanol–water partition coefficient (Wildman–Crippen LogP) is 0.336. The second-order valence-corrected chi connectivity index (χ2v) is 3.12. The van der Waals surface area contributed by atoms with Crippen LogP contribution in [0, 0.1) is 0 Å². The standard InChI is InChI=1S/C8H12ClN3O2/c1-12-6(9)3-11-7(12)4-10-5-8(13)14-2/h3,10H,4-5H2,1-2H3. The Labute approximate surface area is 87.0 Å². The SMILES string of the molecule is COC(=O)CNCc1ncc(Cl)n1C. The van der Waals surface area contributed by atoms with Gasteiger partial charge >= 0.3 is 5.97 Å². The summed E-state index contributed by atoms with van der Waals surface area (Å²) in [7, 11) is 3.16. The highest BCUT2D eigenvalue weighted by Crippen LogP contribution is 2.08. The molecule has 14 heavy (non-hydrogen) atoms. The van der Waals surface area contributed by atoms with Crippen LogP contribution in [0.15, 0.2) is 6.20 Å². The molecule has 1 N–H and O–H groups in total. The summed E-state index contributed by atoms with van der Waals surface area (Å²) in [6.45, 7) is 0.652. The number of halogens is 1. The lowest BCUT2D eigenvalue weighted by Crippen LogP contribution is -2.24. The third kappa shape index (κ3) is 2.71. The van der Waals surface area contributed by atoms with Gasteiger partial charge in [-0.05, 0) is 0 Å². The van der Waals surface area contributed by atoms with E-state index in [9.17, 15) is 4.79 Å². The van der Waals surface area contributed by atoms with Crippen molar-refractivity contribution in [1.29, 1.82) is 0 Å². The van der Waals surface area contributed by atoms with Gasteiger partial charge in [0.05, 0.1) is 26.4 Å². The Morgan fingerprint density at radius 1 is 1.79 bits per heavy atom. The molecule has 0 saturated heterocycles. The monoisotopic (exact) mass is 217 g/mol. The normalized spacial score (nSPS) is 10.2. The fourth-order valence-electron chi connectivity index (χ4n) is 0.937. The molecule has 0 radical (unpaired) electrons. The summed E-state index contributed by atoms with van der Waals surface area (Å²) in [6, 6.07) is 0. The first kappa shape index (κ1) is 11.0. The van der Waals surface area contributed by atoms with Crippen LogP contribution in [-0.2, 0) is 23.1 Å². The number of hydrogen-bond acceptors (Lipinski definition) is 4. The number of rotatable bonds is 4. The van der Waals surface area contributed by atoms with Crippen LogP contribution in [0.25, 0.3) is 0 Å². The Kier molecular flexibility index (Phi) is 3.91. The van der Waals surface area contributed by atoms with E-state index in [0.29, 0.717) is 11.7 Å². The average Bonchev–Trinajstić information content (AvgIpc) is 2.49. The molecule has 0 fully saturated rings. The second-order valence-electron chi connectivity index (χ2n) is 2.74. The van der Waals surface area contributed by atoms with Crippen LogP contribution in [0.5, 0.6) is 0 Å². The summed E-state index contributed by atoms with van der Waals surface area (Å²) in [5.74, 6) is 0.476. The van der Waals surface area contributed by atoms with Crippen LogP contribution in [0.4, 0.5) is 0 Å². The number of hydrogen-bond donors (Lipinski definition) is 1. The summed E-state index contributed by atoms with van der Waals surface area (Å²) in [5.41, 5.74) is 0. The van der Waals surface area contributed by atoms with Gasteiger partial charge in [0.15, 0.2) is 0 Å². The van der Waals surface area contributed by atoms with E-state index < -0.39 is 0 Å². The third-order valence-corrected chi connectivity index (χ3v) is 2.16. The fraction of sp³-hybridized carbons (Fsp3) is 0.500. The highest BCUT2D eigenvalue weighted by atomic mass is 35.5. The van der Waals surface area contributed by atoms with Gasteiger partial charge in [0.1, 0.15) is 11.0 Å². The molecule has 5 nitrogen and oxygen atoms in total. The molecule has 0 unspecified atom stereocenters. The van der Waals surface area contributed by atoms with E-state index in [-0.39, 0.29) is 12.5 Å². The highest BCUT2D eigenvalue weighted by Gasteiger charge is 2.04. The number of nitrogens with one attached hydrogen (secondary N) is 1. The van der Waals surface area contributed by atoms with Gasteiger partial charge in [0.2, 0.25) is 0 Å². The Balaban J connectivity index is 2.39. The molecule has 78 valence electrons. The largest absolute Gasteiger partial charge is 0.468 e. The Morgan fingerprint density at radius 2 is 2.50 bits per heavy atom. The molecule has 0 aliphatic carbocycles. The lowest BCUT2D eigenvalue weighted by atomic mass is 10.5. The van der Waals surface area contributed by atoms with Crippen LogP contribution in [0.2, 0.25) is 5.15 Å². The van der Waals surface area contributed by atoms with Crippen LogP contribution in [0.3, 0.4) is 0 Å². The third-order valence-electron chi connectivity index (χ3n) is 1.81. The number of esters is 1. The summed E-state index contributed by atoms with van der Waals surface area (Å²) >= 11 is 5.78. The molecule has 0 aromatic carbocycles. The maximum absolute atomic E-state index is 10.8. The van der Waals surface area contributed by atoms with Crippen LogP contribution in [0.1, 0.15) is 5.82 Å². The van der Waals surface area contributed by atoms with Crippen LogP contribution < -0.4 is 5.32 Å². The van der Waals surface area contributed by atoms with Crippen molar-refractivity contribution in [1.82, 2.24) is 14.9 Å². The summed E-state index contributed by atoms with van der Waals surface area (Å²) in [4.78, 5) is 14.8. The van der Waals surface area contributed by atoms with Crippen molar-refractivity contribution >= 4 is 17.6 Å². The molecule has 1 heterocycles. The van der Waals surface area contributed by atoms with Crippen molar-refractivity contribution < 1.29 is 9.53 Å². The van der Waals surface area contributed by atoms with Crippen molar-refractivity contribution in [2.24, 2.45) is 7.05 Å². The number of ether oxygens (including phenoxy) is 1. The summed E-state index contributed by atoms with van der Waals surface area (Å²) < 4.78 is 6.21. The van der Waals surface area contributed by atoms with Crippen molar-refractivity contribution in [2.75, 3.05) is 13.7 Å². The zero-order valence-corrected chi connectivity index (χ0v) is 8.84. The van der Waals surface area contributed by atoms with Crippen LogP contribution >= 0.6 is 11.6 Å². The number of carbonyl (C=O) groups is 1. The lowest BCUT2D eigenvalue weighted by molar-refractivity contribution is -0.139. The molecule has 1 rings (SSSR count). The van der Waals surface area contributed by atoms with Crippen LogP contribution in [-0.4, -0.2) is 29.2 Å². The van der Waals surface area contributed by atoms with Gasteiger partial charge in [-0.15, -0.1) is 0 Å². The number of methoxy groups -OCH3 is 1. The number of carbonyl (C=O) groups excluding carboxylic acids is 1. The maximum Gasteiger partial charge on any atom is 0.319 e. The zero-order valence-electron chi connectivity index (χ0n) is 8.08. The average molecular weight is 218 g/mol. The fourth-order valence-corrected chi connectivity index (χ4v) is 1.08. The van der Waals surface area contributed by atoms with E-state index in [1.54, 1.807) is 10.8 Å². The molecule has 0 aliphatic heterocycles. The van der Waals surface area contributed by atoms with E-state index >= 15 is 0 Å². The molecule has 0 spiro atoms. The predicted molar refractivity (Wildman–Crippen MR) is 51.9 cm³/mol. The van der Waals surface area contributed by atoms with Crippen molar-refractivity contribution in [3.63, 3.8) is 0 Å². The van der Waals surface area contributed by atoms with Crippen molar-refractivity contribution in [3.05, 3.63) is 17.2 Å².